The highest BCUT2D eigenvalue weighted by molar-refractivity contribution is 5.95. The van der Waals surface area contributed by atoms with E-state index >= 15 is 0 Å². The Morgan fingerprint density at radius 1 is 1.15 bits per heavy atom. The zero-order valence-corrected chi connectivity index (χ0v) is 15.5. The summed E-state index contributed by atoms with van der Waals surface area (Å²) in [6.45, 7) is 2.99. The van der Waals surface area contributed by atoms with Crippen molar-refractivity contribution in [3.8, 4) is 5.75 Å². The number of nitrogens with zero attached hydrogens (tertiary/aromatic N) is 1. The van der Waals surface area contributed by atoms with Crippen LogP contribution in [0.25, 0.3) is 0 Å². The number of methoxy groups -OCH3 is 1. The van der Waals surface area contributed by atoms with Gasteiger partial charge in [-0.3, -0.25) is 4.79 Å². The van der Waals surface area contributed by atoms with Crippen LogP contribution in [0.3, 0.4) is 0 Å². The molecule has 2 aliphatic rings. The second-order valence-electron chi connectivity index (χ2n) is 7.12. The molecule has 27 heavy (non-hydrogen) atoms. The van der Waals surface area contributed by atoms with E-state index in [0.29, 0.717) is 18.8 Å². The molecule has 140 valence electrons. The first-order valence-electron chi connectivity index (χ1n) is 9.13. The molecule has 0 unspecified atom stereocenters. The molecule has 0 aliphatic carbocycles. The van der Waals surface area contributed by atoms with Gasteiger partial charge >= 0.3 is 0 Å². The highest BCUT2D eigenvalue weighted by atomic mass is 16.6. The first-order chi connectivity index (χ1) is 13.1. The Hall–Kier alpha value is -2.79. The summed E-state index contributed by atoms with van der Waals surface area (Å²) in [5, 5.41) is 10.4. The van der Waals surface area contributed by atoms with Crippen LogP contribution in [-0.4, -0.2) is 35.9 Å². The van der Waals surface area contributed by atoms with Crippen LogP contribution in [-0.2, 0) is 16.1 Å². The van der Waals surface area contributed by atoms with Gasteiger partial charge in [-0.05, 0) is 23.3 Å². The van der Waals surface area contributed by atoms with E-state index in [9.17, 15) is 9.90 Å². The Balaban J connectivity index is 1.64. The van der Waals surface area contributed by atoms with Gasteiger partial charge in [0, 0.05) is 30.5 Å². The van der Waals surface area contributed by atoms with Crippen LogP contribution in [0.5, 0.6) is 5.75 Å². The molecule has 0 saturated carbocycles. The predicted molar refractivity (Wildman–Crippen MR) is 101 cm³/mol. The third-order valence-electron chi connectivity index (χ3n) is 5.42. The number of rotatable bonds is 4. The van der Waals surface area contributed by atoms with E-state index in [1.165, 1.54) is 0 Å². The lowest BCUT2D eigenvalue weighted by Gasteiger charge is -2.34. The van der Waals surface area contributed by atoms with Gasteiger partial charge in [0.05, 0.1) is 7.11 Å². The van der Waals surface area contributed by atoms with E-state index in [0.717, 1.165) is 22.4 Å². The zero-order valence-electron chi connectivity index (χ0n) is 15.5. The molecule has 2 heterocycles. The maximum absolute atomic E-state index is 12.9. The molecule has 2 aliphatic heterocycles. The van der Waals surface area contributed by atoms with Crippen LogP contribution in [0.2, 0.25) is 0 Å². The Bertz CT molecular complexity index is 860. The minimum Gasteiger partial charge on any atom is -0.497 e. The van der Waals surface area contributed by atoms with Crippen molar-refractivity contribution < 1.29 is 19.4 Å². The van der Waals surface area contributed by atoms with Gasteiger partial charge in [-0.1, -0.05) is 49.4 Å². The molecule has 0 spiro atoms. The maximum atomic E-state index is 12.9. The minimum absolute atomic E-state index is 0.0700. The third-order valence-corrected chi connectivity index (χ3v) is 5.42. The van der Waals surface area contributed by atoms with Crippen molar-refractivity contribution in [2.24, 2.45) is 5.92 Å². The normalized spacial score (nSPS) is 24.6. The van der Waals surface area contributed by atoms with E-state index in [4.69, 9.17) is 9.47 Å². The summed E-state index contributed by atoms with van der Waals surface area (Å²) < 4.78 is 10.9. The van der Waals surface area contributed by atoms with Crippen molar-refractivity contribution >= 4 is 5.91 Å². The van der Waals surface area contributed by atoms with Crippen molar-refractivity contribution in [2.75, 3.05) is 13.7 Å². The molecule has 4 rings (SSSR count). The number of hydrogen-bond donors (Lipinski definition) is 1. The summed E-state index contributed by atoms with van der Waals surface area (Å²) in [6, 6.07) is 17.7. The minimum atomic E-state index is -1.00. The first kappa shape index (κ1) is 17.6. The molecule has 5 heteroatoms. The number of ether oxygens (including phenoxy) is 2. The van der Waals surface area contributed by atoms with Crippen LogP contribution >= 0.6 is 0 Å². The molecule has 0 radical (unpaired) electrons. The van der Waals surface area contributed by atoms with Crippen molar-refractivity contribution in [1.29, 1.82) is 0 Å². The van der Waals surface area contributed by atoms with E-state index in [2.05, 4.69) is 0 Å². The summed E-state index contributed by atoms with van der Waals surface area (Å²) in [5.41, 5.74) is 3.06. The average molecular weight is 365 g/mol. The zero-order chi connectivity index (χ0) is 19.0. The molecule has 1 amide bonds. The quantitative estimate of drug-likeness (QED) is 0.905. The van der Waals surface area contributed by atoms with Crippen LogP contribution < -0.4 is 4.74 Å². The number of carbonyl (C=O) groups is 1. The topological polar surface area (TPSA) is 59.0 Å². The average Bonchev–Trinajstić information content (AvgIpc) is 2.99. The van der Waals surface area contributed by atoms with E-state index in [1.54, 1.807) is 12.0 Å². The number of benzene rings is 2. The SMILES string of the molecule is COc1ccc([C@H]2C3=C(O[C@H](O)[C@@H]2C)C(=O)N(Cc2ccccc2)C3)cc1. The van der Waals surface area contributed by atoms with Gasteiger partial charge in [0.25, 0.3) is 5.91 Å². The lowest BCUT2D eigenvalue weighted by atomic mass is 9.79. The predicted octanol–water partition coefficient (Wildman–Crippen LogP) is 3.06. The molecule has 0 fully saturated rings. The molecule has 2 aromatic rings. The fourth-order valence-corrected chi connectivity index (χ4v) is 3.95. The number of hydrogen-bond acceptors (Lipinski definition) is 4. The molecule has 2 aromatic carbocycles. The van der Waals surface area contributed by atoms with Gasteiger partial charge in [0.15, 0.2) is 5.76 Å². The van der Waals surface area contributed by atoms with Gasteiger partial charge in [0.2, 0.25) is 6.29 Å². The molecule has 0 saturated heterocycles. The van der Waals surface area contributed by atoms with E-state index in [-0.39, 0.29) is 17.7 Å². The number of aliphatic hydroxyl groups excluding tert-OH is 1. The lowest BCUT2D eigenvalue weighted by Crippen LogP contribution is -2.33. The standard InChI is InChI=1S/C22H23NO4/c1-14-19(16-8-10-17(26-2)11-9-16)18-13-23(12-15-6-4-3-5-7-15)21(24)20(18)27-22(14)25/h3-11,14,19,22,25H,12-13H2,1-2H3/t14-,19+,22+/m1/s1. The summed E-state index contributed by atoms with van der Waals surface area (Å²) in [7, 11) is 1.63. The summed E-state index contributed by atoms with van der Waals surface area (Å²) in [4.78, 5) is 14.7. The molecule has 0 aromatic heterocycles. The Labute approximate surface area is 158 Å². The van der Waals surface area contributed by atoms with Gasteiger partial charge < -0.3 is 19.5 Å². The monoisotopic (exact) mass is 365 g/mol. The molecule has 0 bridgehead atoms. The van der Waals surface area contributed by atoms with Crippen molar-refractivity contribution in [1.82, 2.24) is 4.90 Å². The van der Waals surface area contributed by atoms with Crippen LogP contribution in [0.15, 0.2) is 65.9 Å². The lowest BCUT2D eigenvalue weighted by molar-refractivity contribution is -0.144. The van der Waals surface area contributed by atoms with E-state index < -0.39 is 6.29 Å². The Kier molecular flexibility index (Phi) is 4.62. The third kappa shape index (κ3) is 3.19. The molecule has 5 nitrogen and oxygen atoms in total. The van der Waals surface area contributed by atoms with Gasteiger partial charge in [-0.2, -0.15) is 0 Å². The smallest absolute Gasteiger partial charge is 0.289 e. The fourth-order valence-electron chi connectivity index (χ4n) is 3.95. The number of amides is 1. The fraction of sp³-hybridized carbons (Fsp3) is 0.318. The van der Waals surface area contributed by atoms with Crippen molar-refractivity contribution in [2.45, 2.75) is 25.7 Å². The molecule has 3 atom stereocenters. The van der Waals surface area contributed by atoms with Gasteiger partial charge in [-0.25, -0.2) is 0 Å². The number of carbonyl (C=O) groups excluding carboxylic acids is 1. The largest absolute Gasteiger partial charge is 0.497 e. The van der Waals surface area contributed by atoms with Crippen LogP contribution in [0, 0.1) is 5.92 Å². The summed E-state index contributed by atoms with van der Waals surface area (Å²) in [6.07, 6.45) is -1.00. The summed E-state index contributed by atoms with van der Waals surface area (Å²) >= 11 is 0. The second kappa shape index (κ2) is 7.08. The molecular weight excluding hydrogens is 342 g/mol. The van der Waals surface area contributed by atoms with Crippen LogP contribution in [0.1, 0.15) is 24.0 Å². The van der Waals surface area contributed by atoms with E-state index in [1.807, 2.05) is 61.5 Å². The van der Waals surface area contributed by atoms with Gasteiger partial charge in [-0.15, -0.1) is 0 Å². The first-order valence-corrected chi connectivity index (χ1v) is 9.13. The second-order valence-corrected chi connectivity index (χ2v) is 7.12. The highest BCUT2D eigenvalue weighted by Crippen LogP contribution is 2.44. The van der Waals surface area contributed by atoms with Crippen molar-refractivity contribution in [3.63, 3.8) is 0 Å². The van der Waals surface area contributed by atoms with Crippen LogP contribution in [0.4, 0.5) is 0 Å². The molecule has 1 N–H and O–H groups in total. The molecular formula is C22H23NO4. The summed E-state index contributed by atoms with van der Waals surface area (Å²) in [5.74, 6) is 0.707. The Morgan fingerprint density at radius 2 is 1.85 bits per heavy atom. The van der Waals surface area contributed by atoms with Gasteiger partial charge in [0.1, 0.15) is 5.75 Å². The highest BCUT2D eigenvalue weighted by Gasteiger charge is 2.45. The maximum Gasteiger partial charge on any atom is 0.289 e. The number of aliphatic hydroxyl groups is 1. The Morgan fingerprint density at radius 3 is 2.52 bits per heavy atom. The van der Waals surface area contributed by atoms with Crippen molar-refractivity contribution in [3.05, 3.63) is 77.1 Å².